The molecule has 0 atom stereocenters. The molecule has 2 rings (SSSR count). The van der Waals surface area contributed by atoms with Crippen molar-refractivity contribution < 1.29 is 4.79 Å². The van der Waals surface area contributed by atoms with E-state index >= 15 is 0 Å². The number of hydrogen-bond acceptors (Lipinski definition) is 2. The van der Waals surface area contributed by atoms with E-state index in [1.54, 1.807) is 18.1 Å². The summed E-state index contributed by atoms with van der Waals surface area (Å²) >= 11 is 0. The third kappa shape index (κ3) is 0.824. The van der Waals surface area contributed by atoms with Crippen LogP contribution in [-0.2, 0) is 11.3 Å². The normalized spacial score (nSPS) is 16.8. The number of rotatable bonds is 0. The van der Waals surface area contributed by atoms with Crippen LogP contribution in [0.3, 0.4) is 0 Å². The molecule has 1 aromatic heterocycles. The summed E-state index contributed by atoms with van der Waals surface area (Å²) in [6, 6.07) is 1.84. The van der Waals surface area contributed by atoms with Crippen LogP contribution in [0.15, 0.2) is 12.3 Å². The van der Waals surface area contributed by atoms with Crippen molar-refractivity contribution in [1.82, 2.24) is 9.78 Å². The standard InChI is InChI=1S/C7H9N3O/c1-9-6-2-4-8-10(6)5-3-7(9)11/h2,4H,3,5H2,1H3. The highest BCUT2D eigenvalue weighted by molar-refractivity contribution is 5.92. The number of amides is 1. The van der Waals surface area contributed by atoms with Gasteiger partial charge in [-0.25, -0.2) is 4.68 Å². The van der Waals surface area contributed by atoms with Gasteiger partial charge in [-0.05, 0) is 0 Å². The summed E-state index contributed by atoms with van der Waals surface area (Å²) in [5.41, 5.74) is 0. The molecule has 1 amide bonds. The number of carbonyl (C=O) groups excluding carboxylic acids is 1. The molecule has 1 aliphatic rings. The van der Waals surface area contributed by atoms with Gasteiger partial charge in [0.25, 0.3) is 0 Å². The molecule has 0 fully saturated rings. The zero-order valence-electron chi connectivity index (χ0n) is 6.32. The number of aromatic nitrogens is 2. The van der Waals surface area contributed by atoms with Crippen LogP contribution in [0.2, 0.25) is 0 Å². The fourth-order valence-electron chi connectivity index (χ4n) is 1.28. The van der Waals surface area contributed by atoms with Gasteiger partial charge in [0, 0.05) is 19.5 Å². The number of anilines is 1. The van der Waals surface area contributed by atoms with Crippen LogP contribution in [0.4, 0.5) is 5.82 Å². The molecule has 4 heteroatoms. The van der Waals surface area contributed by atoms with Crippen molar-refractivity contribution in [2.75, 3.05) is 11.9 Å². The van der Waals surface area contributed by atoms with E-state index in [1.165, 1.54) is 0 Å². The van der Waals surface area contributed by atoms with Crippen molar-refractivity contribution in [1.29, 1.82) is 0 Å². The van der Waals surface area contributed by atoms with Crippen LogP contribution in [-0.4, -0.2) is 22.7 Å². The lowest BCUT2D eigenvalue weighted by Gasteiger charge is -2.23. The molecule has 0 saturated heterocycles. The van der Waals surface area contributed by atoms with Gasteiger partial charge in [-0.15, -0.1) is 0 Å². The second kappa shape index (κ2) is 2.08. The molecule has 58 valence electrons. The first-order valence-electron chi connectivity index (χ1n) is 3.57. The molecule has 2 heterocycles. The van der Waals surface area contributed by atoms with E-state index in [0.29, 0.717) is 13.0 Å². The quantitative estimate of drug-likeness (QED) is 0.533. The molecule has 1 aliphatic heterocycles. The van der Waals surface area contributed by atoms with E-state index in [1.807, 2.05) is 10.7 Å². The second-order valence-corrected chi connectivity index (χ2v) is 2.62. The topological polar surface area (TPSA) is 38.1 Å². The van der Waals surface area contributed by atoms with E-state index in [-0.39, 0.29) is 5.91 Å². The Bertz CT molecular complexity index is 292. The second-order valence-electron chi connectivity index (χ2n) is 2.62. The largest absolute Gasteiger partial charge is 0.300 e. The number of aryl methyl sites for hydroxylation is 1. The van der Waals surface area contributed by atoms with Crippen molar-refractivity contribution in [3.05, 3.63) is 12.3 Å². The first-order valence-corrected chi connectivity index (χ1v) is 3.57. The highest BCUT2D eigenvalue weighted by Gasteiger charge is 2.20. The zero-order chi connectivity index (χ0) is 7.84. The third-order valence-electron chi connectivity index (χ3n) is 1.95. The fraction of sp³-hybridized carbons (Fsp3) is 0.429. The van der Waals surface area contributed by atoms with Crippen molar-refractivity contribution in [2.24, 2.45) is 0 Å². The van der Waals surface area contributed by atoms with Gasteiger partial charge in [-0.2, -0.15) is 5.10 Å². The summed E-state index contributed by atoms with van der Waals surface area (Å²) in [5, 5.41) is 4.06. The van der Waals surface area contributed by atoms with Crippen molar-refractivity contribution in [2.45, 2.75) is 13.0 Å². The monoisotopic (exact) mass is 151 g/mol. The first kappa shape index (κ1) is 6.39. The average Bonchev–Trinajstić information content (AvgIpc) is 2.45. The molecular formula is C7H9N3O. The lowest BCUT2D eigenvalue weighted by atomic mass is 10.3. The Morgan fingerprint density at radius 3 is 3.27 bits per heavy atom. The maximum Gasteiger partial charge on any atom is 0.229 e. The molecule has 0 N–H and O–H groups in total. The molecule has 0 spiro atoms. The summed E-state index contributed by atoms with van der Waals surface area (Å²) in [6.45, 7) is 0.714. The lowest BCUT2D eigenvalue weighted by Crippen LogP contribution is -2.33. The molecule has 0 saturated carbocycles. The van der Waals surface area contributed by atoms with Gasteiger partial charge in [-0.3, -0.25) is 4.79 Å². The highest BCUT2D eigenvalue weighted by Crippen LogP contribution is 2.17. The van der Waals surface area contributed by atoms with Crippen LogP contribution in [0.5, 0.6) is 0 Å². The van der Waals surface area contributed by atoms with Gasteiger partial charge < -0.3 is 4.90 Å². The van der Waals surface area contributed by atoms with Gasteiger partial charge in [0.1, 0.15) is 5.82 Å². The molecule has 0 aromatic carbocycles. The lowest BCUT2D eigenvalue weighted by molar-refractivity contribution is -0.119. The molecule has 0 radical (unpaired) electrons. The van der Waals surface area contributed by atoms with Gasteiger partial charge >= 0.3 is 0 Å². The Morgan fingerprint density at radius 2 is 2.45 bits per heavy atom. The number of hydrogen-bond donors (Lipinski definition) is 0. The summed E-state index contributed by atoms with van der Waals surface area (Å²) in [6.07, 6.45) is 2.27. The number of fused-ring (bicyclic) bond motifs is 1. The highest BCUT2D eigenvalue weighted by atomic mass is 16.2. The Labute approximate surface area is 64.4 Å². The zero-order valence-corrected chi connectivity index (χ0v) is 6.32. The van der Waals surface area contributed by atoms with Gasteiger partial charge in [0.05, 0.1) is 12.7 Å². The van der Waals surface area contributed by atoms with Gasteiger partial charge in [0.2, 0.25) is 5.91 Å². The fourth-order valence-corrected chi connectivity index (χ4v) is 1.28. The summed E-state index contributed by atoms with van der Waals surface area (Å²) in [5.74, 6) is 1.05. The number of nitrogens with zero attached hydrogens (tertiary/aromatic N) is 3. The van der Waals surface area contributed by atoms with Crippen molar-refractivity contribution in [3.63, 3.8) is 0 Å². The van der Waals surface area contributed by atoms with Crippen LogP contribution in [0.25, 0.3) is 0 Å². The minimum absolute atomic E-state index is 0.165. The maximum atomic E-state index is 11.1. The molecule has 1 aromatic rings. The SMILES string of the molecule is CN1C(=O)CCn2nccc21. The average molecular weight is 151 g/mol. The van der Waals surface area contributed by atoms with Gasteiger partial charge in [-0.1, -0.05) is 0 Å². The molecule has 0 bridgehead atoms. The Morgan fingerprint density at radius 1 is 1.64 bits per heavy atom. The molecule has 11 heavy (non-hydrogen) atoms. The first-order chi connectivity index (χ1) is 5.29. The van der Waals surface area contributed by atoms with Crippen LogP contribution >= 0.6 is 0 Å². The van der Waals surface area contributed by atoms with Crippen LogP contribution in [0, 0.1) is 0 Å². The predicted molar refractivity (Wildman–Crippen MR) is 40.3 cm³/mol. The van der Waals surface area contributed by atoms with E-state index in [0.717, 1.165) is 5.82 Å². The van der Waals surface area contributed by atoms with Gasteiger partial charge in [0.15, 0.2) is 0 Å². The molecular weight excluding hydrogens is 142 g/mol. The minimum atomic E-state index is 0.165. The predicted octanol–water partition coefficient (Wildman–Crippen LogP) is 0.250. The minimum Gasteiger partial charge on any atom is -0.300 e. The van der Waals surface area contributed by atoms with E-state index in [4.69, 9.17) is 0 Å². The summed E-state index contributed by atoms with van der Waals surface area (Å²) < 4.78 is 1.83. The maximum absolute atomic E-state index is 11.1. The van der Waals surface area contributed by atoms with E-state index in [2.05, 4.69) is 5.10 Å². The smallest absolute Gasteiger partial charge is 0.229 e. The van der Waals surface area contributed by atoms with Crippen LogP contribution in [0.1, 0.15) is 6.42 Å². The van der Waals surface area contributed by atoms with Crippen molar-refractivity contribution in [3.8, 4) is 0 Å². The molecule has 4 nitrogen and oxygen atoms in total. The van der Waals surface area contributed by atoms with Crippen molar-refractivity contribution >= 4 is 11.7 Å². The van der Waals surface area contributed by atoms with Crippen LogP contribution < -0.4 is 4.90 Å². The molecule has 0 unspecified atom stereocenters. The summed E-state index contributed by atoms with van der Waals surface area (Å²) in [7, 11) is 1.77. The third-order valence-corrected chi connectivity index (χ3v) is 1.95. The Kier molecular flexibility index (Phi) is 1.21. The Balaban J connectivity index is 2.45. The van der Waals surface area contributed by atoms with E-state index < -0.39 is 0 Å². The molecule has 0 aliphatic carbocycles. The summed E-state index contributed by atoms with van der Waals surface area (Å²) in [4.78, 5) is 12.8. The number of carbonyl (C=O) groups is 1. The van der Waals surface area contributed by atoms with E-state index in [9.17, 15) is 4.79 Å². The Hall–Kier alpha value is -1.32.